The number of benzene rings is 3. The minimum Gasteiger partial charge on any atom is -0.367 e. The van der Waals surface area contributed by atoms with Gasteiger partial charge in [-0.05, 0) is 86.9 Å². The molecule has 0 N–H and O–H groups in total. The monoisotopic (exact) mass is 527 g/mol. The van der Waals surface area contributed by atoms with Gasteiger partial charge < -0.3 is 4.90 Å². The molecular formula is C30H30BrN3O. The standard InChI is InChI=1S/C30H30BrN3O/c1-20-8-11-26(12-9-20)34-29(35)30(21(2)32-34)19-24-18-25(31)10-13-27(24)33-15-14-23(17-28(30)33)16-22-6-4-3-5-7-22/h3-13,18,23,28H,14-17,19H2,1-2H3/t23-,28+,30-/m1/s1. The van der Waals surface area contributed by atoms with E-state index in [-0.39, 0.29) is 11.9 Å². The highest BCUT2D eigenvalue weighted by molar-refractivity contribution is 9.10. The minimum atomic E-state index is -0.645. The van der Waals surface area contributed by atoms with Crippen molar-refractivity contribution in [2.45, 2.75) is 45.6 Å². The zero-order valence-electron chi connectivity index (χ0n) is 20.2. The van der Waals surface area contributed by atoms with Gasteiger partial charge in [-0.3, -0.25) is 4.79 Å². The van der Waals surface area contributed by atoms with Crippen molar-refractivity contribution in [3.05, 3.63) is 94.0 Å². The minimum absolute atomic E-state index is 0.102. The fraction of sp³-hybridized carbons (Fsp3) is 0.333. The first-order chi connectivity index (χ1) is 17.0. The Bertz CT molecular complexity index is 1300. The fourth-order valence-corrected chi connectivity index (χ4v) is 6.81. The van der Waals surface area contributed by atoms with E-state index in [4.69, 9.17) is 5.10 Å². The topological polar surface area (TPSA) is 35.9 Å². The van der Waals surface area contributed by atoms with Crippen LogP contribution in [0.2, 0.25) is 0 Å². The summed E-state index contributed by atoms with van der Waals surface area (Å²) in [6.07, 6.45) is 3.87. The molecule has 1 spiro atoms. The normalized spacial score (nSPS) is 25.5. The van der Waals surface area contributed by atoms with E-state index in [1.165, 1.54) is 22.4 Å². The van der Waals surface area contributed by atoms with Crippen LogP contribution in [0.3, 0.4) is 0 Å². The number of amides is 1. The molecular weight excluding hydrogens is 498 g/mol. The maximum absolute atomic E-state index is 14.4. The summed E-state index contributed by atoms with van der Waals surface area (Å²) in [5, 5.41) is 6.57. The number of halogens is 1. The van der Waals surface area contributed by atoms with E-state index >= 15 is 0 Å². The van der Waals surface area contributed by atoms with E-state index < -0.39 is 5.41 Å². The van der Waals surface area contributed by atoms with Gasteiger partial charge in [-0.15, -0.1) is 0 Å². The van der Waals surface area contributed by atoms with Crippen molar-refractivity contribution in [3.63, 3.8) is 0 Å². The van der Waals surface area contributed by atoms with Gasteiger partial charge in [0.1, 0.15) is 5.41 Å². The van der Waals surface area contributed by atoms with Gasteiger partial charge in [0, 0.05) is 22.7 Å². The Kier molecular flexibility index (Phi) is 5.56. The lowest BCUT2D eigenvalue weighted by Gasteiger charge is -2.52. The second-order valence-electron chi connectivity index (χ2n) is 10.3. The largest absolute Gasteiger partial charge is 0.367 e. The molecule has 3 aromatic rings. The van der Waals surface area contributed by atoms with Crippen LogP contribution in [0.5, 0.6) is 0 Å². The highest BCUT2D eigenvalue weighted by Gasteiger charge is 2.59. The molecule has 3 heterocycles. The first kappa shape index (κ1) is 22.5. The number of hydrazone groups is 1. The molecule has 5 heteroatoms. The molecule has 0 saturated carbocycles. The van der Waals surface area contributed by atoms with Gasteiger partial charge in [-0.1, -0.05) is 64.0 Å². The molecule has 3 aliphatic heterocycles. The van der Waals surface area contributed by atoms with Crippen LogP contribution in [-0.2, 0) is 17.6 Å². The number of fused-ring (bicyclic) bond motifs is 4. The number of aryl methyl sites for hydroxylation is 1. The Morgan fingerprint density at radius 3 is 2.57 bits per heavy atom. The van der Waals surface area contributed by atoms with Gasteiger partial charge in [0.15, 0.2) is 0 Å². The molecule has 0 unspecified atom stereocenters. The van der Waals surface area contributed by atoms with Gasteiger partial charge >= 0.3 is 0 Å². The molecule has 0 aliphatic carbocycles. The zero-order chi connectivity index (χ0) is 24.2. The highest BCUT2D eigenvalue weighted by atomic mass is 79.9. The summed E-state index contributed by atoms with van der Waals surface area (Å²) < 4.78 is 1.05. The number of hydrogen-bond acceptors (Lipinski definition) is 3. The van der Waals surface area contributed by atoms with E-state index in [0.29, 0.717) is 12.3 Å². The number of carbonyl (C=O) groups excluding carboxylic acids is 1. The van der Waals surface area contributed by atoms with E-state index in [2.05, 4.69) is 95.3 Å². The van der Waals surface area contributed by atoms with Crippen molar-refractivity contribution in [1.82, 2.24) is 0 Å². The lowest BCUT2D eigenvalue weighted by atomic mass is 9.64. The Hall–Kier alpha value is -2.92. The third-order valence-corrected chi connectivity index (χ3v) is 8.71. The molecule has 3 aromatic carbocycles. The first-order valence-corrected chi connectivity index (χ1v) is 13.3. The summed E-state index contributed by atoms with van der Waals surface area (Å²) in [7, 11) is 0. The summed E-state index contributed by atoms with van der Waals surface area (Å²) in [5.74, 6) is 0.654. The zero-order valence-corrected chi connectivity index (χ0v) is 21.8. The van der Waals surface area contributed by atoms with Crippen molar-refractivity contribution in [3.8, 4) is 0 Å². The Morgan fingerprint density at radius 1 is 1.03 bits per heavy atom. The fourth-order valence-electron chi connectivity index (χ4n) is 6.40. The average Bonchev–Trinajstić information content (AvgIpc) is 3.10. The van der Waals surface area contributed by atoms with Crippen LogP contribution >= 0.6 is 15.9 Å². The predicted octanol–water partition coefficient (Wildman–Crippen LogP) is 6.55. The number of rotatable bonds is 3. The molecule has 1 amide bonds. The Balaban J connectivity index is 1.41. The summed E-state index contributed by atoms with van der Waals surface area (Å²) in [6.45, 7) is 5.09. The van der Waals surface area contributed by atoms with Gasteiger partial charge in [0.25, 0.3) is 5.91 Å². The molecule has 1 saturated heterocycles. The second-order valence-corrected chi connectivity index (χ2v) is 11.3. The molecule has 1 fully saturated rings. The second kappa shape index (κ2) is 8.63. The van der Waals surface area contributed by atoms with Crippen molar-refractivity contribution in [1.29, 1.82) is 0 Å². The van der Waals surface area contributed by atoms with Crippen LogP contribution in [-0.4, -0.2) is 24.2 Å². The number of nitrogens with zero attached hydrogens (tertiary/aromatic N) is 3. The maximum atomic E-state index is 14.4. The van der Waals surface area contributed by atoms with Crippen molar-refractivity contribution < 1.29 is 4.79 Å². The third kappa shape index (κ3) is 3.72. The van der Waals surface area contributed by atoms with Crippen LogP contribution in [0, 0.1) is 18.3 Å². The summed E-state index contributed by atoms with van der Waals surface area (Å²) >= 11 is 3.66. The molecule has 3 atom stereocenters. The third-order valence-electron chi connectivity index (χ3n) is 8.22. The molecule has 35 heavy (non-hydrogen) atoms. The van der Waals surface area contributed by atoms with E-state index in [0.717, 1.165) is 41.7 Å². The van der Waals surface area contributed by atoms with Gasteiger partial charge in [0.2, 0.25) is 0 Å². The van der Waals surface area contributed by atoms with Crippen LogP contribution in [0.15, 0.2) is 82.4 Å². The lowest BCUT2D eigenvalue weighted by Crippen LogP contribution is -2.62. The van der Waals surface area contributed by atoms with Crippen molar-refractivity contribution >= 4 is 38.9 Å². The maximum Gasteiger partial charge on any atom is 0.261 e. The van der Waals surface area contributed by atoms with Gasteiger partial charge in [0.05, 0.1) is 11.4 Å². The van der Waals surface area contributed by atoms with Crippen LogP contribution in [0.25, 0.3) is 0 Å². The number of hydrogen-bond donors (Lipinski definition) is 0. The van der Waals surface area contributed by atoms with Gasteiger partial charge in [-0.25, -0.2) is 0 Å². The Morgan fingerprint density at radius 2 is 1.80 bits per heavy atom. The summed E-state index contributed by atoms with van der Waals surface area (Å²) in [4.78, 5) is 16.9. The van der Waals surface area contributed by atoms with Crippen LogP contribution < -0.4 is 9.91 Å². The molecule has 4 nitrogen and oxygen atoms in total. The average molecular weight is 528 g/mol. The predicted molar refractivity (Wildman–Crippen MR) is 146 cm³/mol. The summed E-state index contributed by atoms with van der Waals surface area (Å²) in [6, 6.07) is 25.5. The first-order valence-electron chi connectivity index (χ1n) is 12.5. The van der Waals surface area contributed by atoms with Crippen molar-refractivity contribution in [2.24, 2.45) is 16.4 Å². The van der Waals surface area contributed by atoms with Gasteiger partial charge in [-0.2, -0.15) is 10.1 Å². The summed E-state index contributed by atoms with van der Waals surface area (Å²) in [5.41, 5.74) is 6.19. The Labute approximate surface area is 215 Å². The lowest BCUT2D eigenvalue weighted by molar-refractivity contribution is -0.125. The molecule has 0 bridgehead atoms. The van der Waals surface area contributed by atoms with Crippen LogP contribution in [0.4, 0.5) is 11.4 Å². The molecule has 6 rings (SSSR count). The molecule has 3 aliphatic rings. The highest BCUT2D eigenvalue weighted by Crippen LogP contribution is 2.51. The van der Waals surface area contributed by atoms with E-state index in [1.807, 2.05) is 12.1 Å². The number of piperidine rings is 1. The van der Waals surface area contributed by atoms with Crippen LogP contribution in [0.1, 0.15) is 36.5 Å². The SMILES string of the molecule is CC1=NN(c2ccc(C)cc2)C(=O)[C@]12Cc1cc(Br)ccc1N1CC[C@H](Cc3ccccc3)C[C@H]12. The molecule has 0 aromatic heterocycles. The quantitative estimate of drug-likeness (QED) is 0.387. The van der Waals surface area contributed by atoms with Crippen molar-refractivity contribution in [2.75, 3.05) is 16.5 Å². The van der Waals surface area contributed by atoms with E-state index in [9.17, 15) is 4.79 Å². The smallest absolute Gasteiger partial charge is 0.261 e. The van der Waals surface area contributed by atoms with E-state index in [1.54, 1.807) is 5.01 Å². The molecule has 178 valence electrons. The number of carbonyl (C=O) groups is 1. The number of anilines is 2. The molecule has 0 radical (unpaired) electrons.